The second kappa shape index (κ2) is 2.36. The van der Waals surface area contributed by atoms with Gasteiger partial charge in [-0.3, -0.25) is 0 Å². The van der Waals surface area contributed by atoms with Gasteiger partial charge in [-0.1, -0.05) is 4.09 Å². The van der Waals surface area contributed by atoms with Gasteiger partial charge in [-0.15, -0.1) is 0 Å². The number of carboxylic acid groups (broad SMARTS) is 1. The fourth-order valence-corrected chi connectivity index (χ4v) is 0.801. The first kappa shape index (κ1) is 6.57. The quantitative estimate of drug-likeness (QED) is 0.618. The predicted molar refractivity (Wildman–Crippen MR) is 32.4 cm³/mol. The maximum absolute atomic E-state index is 10.2. The molecule has 0 saturated heterocycles. The van der Waals surface area contributed by atoms with E-state index < -0.39 is 5.97 Å². The monoisotopic (exact) mass is 193 g/mol. The number of hydrogen-bond donors (Lipinski definition) is 1. The van der Waals surface area contributed by atoms with Gasteiger partial charge in [0.1, 0.15) is 6.26 Å². The molecular weight excluding hydrogens is 190 g/mol. The Hall–Kier alpha value is -0.550. The average molecular weight is 194 g/mol. The van der Waals surface area contributed by atoms with E-state index in [-0.39, 0.29) is 12.1 Å². The third-order valence-electron chi connectivity index (χ3n) is 0.879. The standard InChI is InChI=1S/C4H4BrNO3/c5-6-1-3(2-9-6)4(7)8/h2H,1H2,(H,7,8). The van der Waals surface area contributed by atoms with Crippen molar-refractivity contribution in [2.75, 3.05) is 6.54 Å². The number of carbonyl (C=O) groups is 1. The molecule has 1 N–H and O–H groups in total. The first-order valence-electron chi connectivity index (χ1n) is 2.22. The van der Waals surface area contributed by atoms with Crippen LogP contribution in [0.2, 0.25) is 0 Å². The smallest absolute Gasteiger partial charge is 0.336 e. The van der Waals surface area contributed by atoms with Crippen LogP contribution in [0, 0.1) is 0 Å². The van der Waals surface area contributed by atoms with Crippen molar-refractivity contribution in [3.8, 4) is 0 Å². The van der Waals surface area contributed by atoms with E-state index in [1.807, 2.05) is 0 Å². The average Bonchev–Trinajstić information content (AvgIpc) is 2.14. The minimum absolute atomic E-state index is 0.242. The molecule has 0 fully saturated rings. The van der Waals surface area contributed by atoms with Crippen molar-refractivity contribution in [2.24, 2.45) is 0 Å². The Morgan fingerprint density at radius 1 is 2.00 bits per heavy atom. The van der Waals surface area contributed by atoms with Gasteiger partial charge < -0.3 is 9.94 Å². The lowest BCUT2D eigenvalue weighted by molar-refractivity contribution is -0.132. The molecular formula is C4H4BrNO3. The summed E-state index contributed by atoms with van der Waals surface area (Å²) < 4.78 is 1.26. The molecule has 0 saturated carbocycles. The molecule has 0 bridgehead atoms. The summed E-state index contributed by atoms with van der Waals surface area (Å²) in [6, 6.07) is 0. The summed E-state index contributed by atoms with van der Waals surface area (Å²) in [5, 5.41) is 8.34. The van der Waals surface area contributed by atoms with Crippen LogP contribution in [0.25, 0.3) is 0 Å². The summed E-state index contributed by atoms with van der Waals surface area (Å²) in [6.45, 7) is 0.273. The van der Waals surface area contributed by atoms with Crippen LogP contribution in [0.5, 0.6) is 0 Å². The van der Waals surface area contributed by atoms with Crippen molar-refractivity contribution in [1.82, 2.24) is 4.09 Å². The maximum Gasteiger partial charge on any atom is 0.336 e. The van der Waals surface area contributed by atoms with E-state index in [0.29, 0.717) is 0 Å². The molecule has 1 aliphatic heterocycles. The largest absolute Gasteiger partial charge is 0.478 e. The number of rotatable bonds is 1. The fraction of sp³-hybridized carbons (Fsp3) is 0.250. The van der Waals surface area contributed by atoms with Gasteiger partial charge >= 0.3 is 5.97 Å². The molecule has 0 radical (unpaired) electrons. The van der Waals surface area contributed by atoms with Crippen LogP contribution in [0.4, 0.5) is 0 Å². The Balaban J connectivity index is 2.55. The SMILES string of the molecule is O=C(O)C1=CON(Br)C1. The van der Waals surface area contributed by atoms with Crippen molar-refractivity contribution < 1.29 is 14.7 Å². The molecule has 1 heterocycles. The molecule has 0 unspecified atom stereocenters. The minimum atomic E-state index is -0.947. The summed E-state index contributed by atoms with van der Waals surface area (Å²) >= 11 is 2.94. The minimum Gasteiger partial charge on any atom is -0.478 e. The molecule has 0 aliphatic carbocycles. The molecule has 1 aliphatic rings. The summed E-state index contributed by atoms with van der Waals surface area (Å²) in [7, 11) is 0. The zero-order chi connectivity index (χ0) is 6.85. The number of hydrogen-bond acceptors (Lipinski definition) is 3. The van der Waals surface area contributed by atoms with Gasteiger partial charge in [0, 0.05) is 0 Å². The molecule has 50 valence electrons. The second-order valence-corrected chi connectivity index (χ2v) is 2.32. The van der Waals surface area contributed by atoms with Crippen molar-refractivity contribution >= 4 is 22.1 Å². The highest BCUT2D eigenvalue weighted by Gasteiger charge is 2.18. The Morgan fingerprint density at radius 2 is 2.67 bits per heavy atom. The summed E-state index contributed by atoms with van der Waals surface area (Å²) in [4.78, 5) is 14.8. The van der Waals surface area contributed by atoms with Crippen LogP contribution in [-0.4, -0.2) is 21.7 Å². The van der Waals surface area contributed by atoms with E-state index in [4.69, 9.17) is 5.11 Å². The van der Waals surface area contributed by atoms with Crippen LogP contribution in [-0.2, 0) is 9.63 Å². The third-order valence-corrected chi connectivity index (χ3v) is 1.30. The second-order valence-electron chi connectivity index (χ2n) is 1.53. The van der Waals surface area contributed by atoms with E-state index in [2.05, 4.69) is 21.0 Å². The van der Waals surface area contributed by atoms with Gasteiger partial charge in [0.15, 0.2) is 0 Å². The molecule has 0 aromatic carbocycles. The Labute approximate surface area is 60.0 Å². The van der Waals surface area contributed by atoms with Crippen LogP contribution in [0.3, 0.4) is 0 Å². The van der Waals surface area contributed by atoms with Gasteiger partial charge in [-0.2, -0.15) is 0 Å². The van der Waals surface area contributed by atoms with Gasteiger partial charge in [-0.05, 0) is 0 Å². The fourth-order valence-electron chi connectivity index (χ4n) is 0.447. The van der Waals surface area contributed by atoms with Crippen molar-refractivity contribution in [1.29, 1.82) is 0 Å². The van der Waals surface area contributed by atoms with E-state index in [1.165, 1.54) is 10.4 Å². The first-order valence-corrected chi connectivity index (χ1v) is 2.93. The van der Waals surface area contributed by atoms with Crippen LogP contribution < -0.4 is 0 Å². The number of aliphatic carboxylic acids is 1. The number of nitrogens with zero attached hydrogens (tertiary/aromatic N) is 1. The molecule has 0 amide bonds. The van der Waals surface area contributed by atoms with Crippen molar-refractivity contribution in [3.05, 3.63) is 11.8 Å². The van der Waals surface area contributed by atoms with E-state index in [1.54, 1.807) is 0 Å². The maximum atomic E-state index is 10.2. The van der Waals surface area contributed by atoms with Crippen LogP contribution in [0.15, 0.2) is 11.8 Å². The Bertz CT molecular complexity index is 167. The van der Waals surface area contributed by atoms with Crippen molar-refractivity contribution in [2.45, 2.75) is 0 Å². The lowest BCUT2D eigenvalue weighted by Gasteiger charge is -1.99. The zero-order valence-electron chi connectivity index (χ0n) is 4.37. The highest BCUT2D eigenvalue weighted by Crippen LogP contribution is 2.13. The molecule has 0 atom stereocenters. The topological polar surface area (TPSA) is 49.8 Å². The van der Waals surface area contributed by atoms with E-state index in [9.17, 15) is 4.79 Å². The third kappa shape index (κ3) is 1.43. The highest BCUT2D eigenvalue weighted by atomic mass is 79.9. The molecule has 1 rings (SSSR count). The number of carboxylic acids is 1. The molecule has 0 spiro atoms. The molecule has 4 nitrogen and oxygen atoms in total. The highest BCUT2D eigenvalue weighted by molar-refractivity contribution is 9.07. The van der Waals surface area contributed by atoms with Crippen LogP contribution >= 0.6 is 16.1 Å². The summed E-state index contributed by atoms with van der Waals surface area (Å²) in [6.07, 6.45) is 1.19. The summed E-state index contributed by atoms with van der Waals surface area (Å²) in [5.74, 6) is -0.947. The van der Waals surface area contributed by atoms with Gasteiger partial charge in [0.05, 0.1) is 28.3 Å². The normalized spacial score (nSPS) is 19.0. The molecule has 5 heteroatoms. The number of halogens is 1. The Kier molecular flexibility index (Phi) is 1.73. The lowest BCUT2D eigenvalue weighted by Crippen LogP contribution is -2.09. The first-order chi connectivity index (χ1) is 4.20. The predicted octanol–water partition coefficient (Wildman–Crippen LogP) is 0.512. The molecule has 0 aromatic heterocycles. The number of hydroxylamine groups is 1. The zero-order valence-corrected chi connectivity index (χ0v) is 5.96. The van der Waals surface area contributed by atoms with E-state index in [0.717, 1.165) is 0 Å². The van der Waals surface area contributed by atoms with Gasteiger partial charge in [0.2, 0.25) is 0 Å². The van der Waals surface area contributed by atoms with Crippen molar-refractivity contribution in [3.63, 3.8) is 0 Å². The molecule has 0 aromatic rings. The van der Waals surface area contributed by atoms with Gasteiger partial charge in [-0.25, -0.2) is 4.79 Å². The molecule has 9 heavy (non-hydrogen) atoms. The lowest BCUT2D eigenvalue weighted by atomic mass is 10.3. The Morgan fingerprint density at radius 3 is 2.89 bits per heavy atom. The summed E-state index contributed by atoms with van der Waals surface area (Å²) in [5.41, 5.74) is 0.242. The van der Waals surface area contributed by atoms with Crippen LogP contribution in [0.1, 0.15) is 0 Å². The van der Waals surface area contributed by atoms with Gasteiger partial charge in [0.25, 0.3) is 0 Å². The van der Waals surface area contributed by atoms with E-state index >= 15 is 0 Å².